The molecule has 0 saturated carbocycles. The van der Waals surface area contributed by atoms with E-state index in [1.165, 1.54) is 0 Å². The van der Waals surface area contributed by atoms with Gasteiger partial charge in [-0.25, -0.2) is 0 Å². The zero-order chi connectivity index (χ0) is 14.9. The maximum atomic E-state index is 6.18. The van der Waals surface area contributed by atoms with Crippen LogP contribution in [-0.4, -0.2) is 16.9 Å². The van der Waals surface area contributed by atoms with Crippen LogP contribution in [0, 0.1) is 0 Å². The van der Waals surface area contributed by atoms with Crippen LogP contribution in [0.5, 0.6) is 5.75 Å². The molecular weight excluding hydrogens is 320 g/mol. The number of nitrogens with two attached hydrogens (primary N) is 1. The van der Waals surface area contributed by atoms with Crippen LogP contribution in [0.2, 0.25) is 0 Å². The predicted molar refractivity (Wildman–Crippen MR) is 85.7 cm³/mol. The third kappa shape index (κ3) is 2.75. The topological polar surface area (TPSA) is 65.1 Å². The van der Waals surface area contributed by atoms with Gasteiger partial charge in [-0.2, -0.15) is 5.10 Å². The van der Waals surface area contributed by atoms with Crippen molar-refractivity contribution in [3.05, 3.63) is 28.4 Å². The quantitative estimate of drug-likeness (QED) is 0.893. The Kier molecular flexibility index (Phi) is 4.23. The molecule has 1 heterocycles. The summed E-state index contributed by atoms with van der Waals surface area (Å²) >= 11 is 3.51. The molecule has 0 bridgehead atoms. The molecule has 1 aromatic carbocycles. The van der Waals surface area contributed by atoms with Crippen molar-refractivity contribution in [2.75, 3.05) is 18.2 Å². The van der Waals surface area contributed by atoms with E-state index < -0.39 is 0 Å². The molecule has 0 aliphatic heterocycles. The van der Waals surface area contributed by atoms with E-state index in [-0.39, 0.29) is 5.92 Å². The molecule has 6 heteroatoms. The molecule has 0 unspecified atom stereocenters. The molecule has 2 rings (SSSR count). The highest BCUT2D eigenvalue weighted by Crippen LogP contribution is 2.34. The summed E-state index contributed by atoms with van der Waals surface area (Å²) in [6, 6.07) is 5.73. The summed E-state index contributed by atoms with van der Waals surface area (Å²) in [5.41, 5.74) is 8.64. The van der Waals surface area contributed by atoms with Gasteiger partial charge in [0.25, 0.3) is 0 Å². The van der Waals surface area contributed by atoms with E-state index in [9.17, 15) is 0 Å². The lowest BCUT2D eigenvalue weighted by atomic mass is 10.1. The summed E-state index contributed by atoms with van der Waals surface area (Å²) in [7, 11) is 3.51. The summed E-state index contributed by atoms with van der Waals surface area (Å²) in [6.07, 6.45) is 0. The number of anilines is 3. The lowest BCUT2D eigenvalue weighted by Gasteiger charge is -2.11. The zero-order valence-electron chi connectivity index (χ0n) is 12.1. The maximum Gasteiger partial charge on any atom is 0.152 e. The van der Waals surface area contributed by atoms with E-state index in [1.54, 1.807) is 11.8 Å². The first-order valence-corrected chi connectivity index (χ1v) is 7.16. The molecule has 1 aromatic heterocycles. The number of nitrogen functional groups attached to an aromatic ring is 1. The highest BCUT2D eigenvalue weighted by atomic mass is 79.9. The third-order valence-corrected chi connectivity index (χ3v) is 3.78. The molecule has 0 aliphatic rings. The average Bonchev–Trinajstić information content (AvgIpc) is 2.69. The van der Waals surface area contributed by atoms with Gasteiger partial charge in [0.2, 0.25) is 0 Å². The molecule has 108 valence electrons. The second-order valence-electron chi connectivity index (χ2n) is 4.90. The van der Waals surface area contributed by atoms with E-state index in [4.69, 9.17) is 10.5 Å². The van der Waals surface area contributed by atoms with Crippen molar-refractivity contribution in [3.63, 3.8) is 0 Å². The van der Waals surface area contributed by atoms with Gasteiger partial charge in [-0.3, -0.25) is 4.68 Å². The minimum absolute atomic E-state index is 0.283. The number of aromatic nitrogens is 2. The van der Waals surface area contributed by atoms with Gasteiger partial charge in [-0.1, -0.05) is 13.8 Å². The smallest absolute Gasteiger partial charge is 0.152 e. The number of ether oxygens (including phenoxy) is 1. The van der Waals surface area contributed by atoms with Crippen LogP contribution in [0.25, 0.3) is 0 Å². The van der Waals surface area contributed by atoms with Crippen LogP contribution in [0.4, 0.5) is 17.2 Å². The number of halogens is 1. The van der Waals surface area contributed by atoms with Gasteiger partial charge in [0.05, 0.1) is 24.2 Å². The monoisotopic (exact) mass is 338 g/mol. The van der Waals surface area contributed by atoms with Gasteiger partial charge in [-0.05, 0) is 34.0 Å². The molecule has 0 atom stereocenters. The Morgan fingerprint density at radius 1 is 1.40 bits per heavy atom. The van der Waals surface area contributed by atoms with E-state index in [0.717, 1.165) is 27.4 Å². The Morgan fingerprint density at radius 3 is 2.65 bits per heavy atom. The van der Waals surface area contributed by atoms with Crippen LogP contribution >= 0.6 is 15.9 Å². The molecule has 0 fully saturated rings. The van der Waals surface area contributed by atoms with Crippen LogP contribution in [-0.2, 0) is 7.05 Å². The summed E-state index contributed by atoms with van der Waals surface area (Å²) < 4.78 is 7.93. The van der Waals surface area contributed by atoms with Crippen molar-refractivity contribution < 1.29 is 4.74 Å². The lowest BCUT2D eigenvalue weighted by Crippen LogP contribution is -2.02. The number of methoxy groups -OCH3 is 1. The predicted octanol–water partition coefficient (Wildman–Crippen LogP) is 3.64. The average molecular weight is 339 g/mol. The van der Waals surface area contributed by atoms with Crippen molar-refractivity contribution >= 4 is 33.1 Å². The van der Waals surface area contributed by atoms with Gasteiger partial charge in [0.15, 0.2) is 5.82 Å². The van der Waals surface area contributed by atoms with Crippen molar-refractivity contribution in [3.8, 4) is 5.75 Å². The Labute approximate surface area is 127 Å². The molecule has 2 aromatic rings. The first-order chi connectivity index (χ1) is 9.43. The normalized spacial score (nSPS) is 10.9. The van der Waals surface area contributed by atoms with Crippen LogP contribution < -0.4 is 15.8 Å². The molecule has 20 heavy (non-hydrogen) atoms. The van der Waals surface area contributed by atoms with Gasteiger partial charge in [-0.15, -0.1) is 0 Å². The van der Waals surface area contributed by atoms with Crippen LogP contribution in [0.15, 0.2) is 22.7 Å². The van der Waals surface area contributed by atoms with Gasteiger partial charge in [0, 0.05) is 17.6 Å². The number of aryl methyl sites for hydroxylation is 1. The van der Waals surface area contributed by atoms with Crippen LogP contribution in [0.3, 0.4) is 0 Å². The first kappa shape index (κ1) is 14.7. The Morgan fingerprint density at radius 2 is 2.10 bits per heavy atom. The molecule has 0 amide bonds. The fraction of sp³-hybridized carbons (Fsp3) is 0.357. The van der Waals surface area contributed by atoms with E-state index in [1.807, 2.05) is 25.2 Å². The number of rotatable bonds is 4. The largest absolute Gasteiger partial charge is 0.497 e. The molecule has 0 saturated heterocycles. The van der Waals surface area contributed by atoms with Crippen molar-refractivity contribution in [2.24, 2.45) is 7.05 Å². The second kappa shape index (κ2) is 5.75. The Hall–Kier alpha value is -1.69. The minimum Gasteiger partial charge on any atom is -0.497 e. The van der Waals surface area contributed by atoms with E-state index >= 15 is 0 Å². The Balaban J connectivity index is 2.40. The summed E-state index contributed by atoms with van der Waals surface area (Å²) in [5.74, 6) is 1.84. The number of nitrogens with one attached hydrogen (secondary N) is 1. The summed E-state index contributed by atoms with van der Waals surface area (Å²) in [5, 5.41) is 7.77. The number of benzene rings is 1. The maximum absolute atomic E-state index is 6.18. The molecule has 0 aliphatic carbocycles. The number of hydrogen-bond donors (Lipinski definition) is 2. The fourth-order valence-corrected chi connectivity index (χ4v) is 2.34. The minimum atomic E-state index is 0.283. The SMILES string of the molecule is COc1ccc(Br)c(Nc2c(N)c(C(C)C)nn2C)c1. The van der Waals surface area contributed by atoms with Gasteiger partial charge in [0.1, 0.15) is 5.75 Å². The molecule has 5 nitrogen and oxygen atoms in total. The van der Waals surface area contributed by atoms with Crippen molar-refractivity contribution in [2.45, 2.75) is 19.8 Å². The highest BCUT2D eigenvalue weighted by molar-refractivity contribution is 9.10. The van der Waals surface area contributed by atoms with Crippen molar-refractivity contribution in [1.82, 2.24) is 9.78 Å². The van der Waals surface area contributed by atoms with Gasteiger partial charge >= 0.3 is 0 Å². The zero-order valence-corrected chi connectivity index (χ0v) is 13.7. The van der Waals surface area contributed by atoms with Gasteiger partial charge < -0.3 is 15.8 Å². The molecule has 0 spiro atoms. The summed E-state index contributed by atoms with van der Waals surface area (Å²) in [6.45, 7) is 4.15. The first-order valence-electron chi connectivity index (χ1n) is 6.37. The third-order valence-electron chi connectivity index (χ3n) is 3.09. The second-order valence-corrected chi connectivity index (χ2v) is 5.75. The van der Waals surface area contributed by atoms with E-state index in [0.29, 0.717) is 5.69 Å². The highest BCUT2D eigenvalue weighted by Gasteiger charge is 2.16. The summed E-state index contributed by atoms with van der Waals surface area (Å²) in [4.78, 5) is 0. The Bertz CT molecular complexity index is 622. The number of hydrogen-bond acceptors (Lipinski definition) is 4. The van der Waals surface area contributed by atoms with Crippen molar-refractivity contribution in [1.29, 1.82) is 0 Å². The fourth-order valence-electron chi connectivity index (χ4n) is 1.99. The van der Waals surface area contributed by atoms with E-state index in [2.05, 4.69) is 40.2 Å². The molecule has 0 radical (unpaired) electrons. The van der Waals surface area contributed by atoms with Crippen LogP contribution in [0.1, 0.15) is 25.5 Å². The number of nitrogens with zero attached hydrogens (tertiary/aromatic N) is 2. The standard InChI is InChI=1S/C14H19BrN4O/c1-8(2)13-12(16)14(19(3)18-13)17-11-7-9(20-4)5-6-10(11)15/h5-8,17H,16H2,1-4H3. The molecule has 3 N–H and O–H groups in total. The lowest BCUT2D eigenvalue weighted by molar-refractivity contribution is 0.415. The molecular formula is C14H19BrN4O.